The van der Waals surface area contributed by atoms with E-state index in [-0.39, 0.29) is 23.3 Å². The SMILES string of the molecule is CN(C)c1ccc(O)c(Cl)n1.Cl. The molecule has 3 nitrogen and oxygen atoms in total. The summed E-state index contributed by atoms with van der Waals surface area (Å²) in [5.41, 5.74) is 0. The molecule has 1 N–H and O–H groups in total. The number of hydrogen-bond donors (Lipinski definition) is 1. The number of aromatic nitrogens is 1. The molecule has 68 valence electrons. The lowest BCUT2D eigenvalue weighted by Gasteiger charge is -2.10. The fourth-order valence-corrected chi connectivity index (χ4v) is 0.816. The molecular weight excluding hydrogens is 199 g/mol. The summed E-state index contributed by atoms with van der Waals surface area (Å²) in [4.78, 5) is 5.72. The fourth-order valence-electron chi connectivity index (χ4n) is 0.666. The van der Waals surface area contributed by atoms with E-state index in [9.17, 15) is 0 Å². The molecule has 0 aliphatic heterocycles. The number of aromatic hydroxyl groups is 1. The van der Waals surface area contributed by atoms with Gasteiger partial charge in [0.1, 0.15) is 5.82 Å². The highest BCUT2D eigenvalue weighted by molar-refractivity contribution is 6.30. The monoisotopic (exact) mass is 208 g/mol. The molecule has 1 aromatic rings. The van der Waals surface area contributed by atoms with E-state index >= 15 is 0 Å². The summed E-state index contributed by atoms with van der Waals surface area (Å²) >= 11 is 5.57. The smallest absolute Gasteiger partial charge is 0.173 e. The van der Waals surface area contributed by atoms with Crippen molar-refractivity contribution < 1.29 is 5.11 Å². The van der Waals surface area contributed by atoms with Crippen LogP contribution >= 0.6 is 24.0 Å². The molecule has 0 bridgehead atoms. The summed E-state index contributed by atoms with van der Waals surface area (Å²) in [6, 6.07) is 3.21. The van der Waals surface area contributed by atoms with Crippen LogP contribution in [0.4, 0.5) is 5.82 Å². The van der Waals surface area contributed by atoms with Gasteiger partial charge in [-0.3, -0.25) is 0 Å². The fraction of sp³-hybridized carbons (Fsp3) is 0.286. The molecule has 0 radical (unpaired) electrons. The first-order valence-corrected chi connectivity index (χ1v) is 3.52. The summed E-state index contributed by atoms with van der Waals surface area (Å²) in [6.45, 7) is 0. The van der Waals surface area contributed by atoms with Crippen LogP contribution in [-0.4, -0.2) is 24.2 Å². The Morgan fingerprint density at radius 2 is 2.00 bits per heavy atom. The second-order valence-corrected chi connectivity index (χ2v) is 2.73. The van der Waals surface area contributed by atoms with Crippen LogP contribution in [0.5, 0.6) is 5.75 Å². The Bertz CT molecular complexity index is 266. The van der Waals surface area contributed by atoms with E-state index in [0.29, 0.717) is 0 Å². The molecule has 0 atom stereocenters. The van der Waals surface area contributed by atoms with Crippen molar-refractivity contribution in [1.29, 1.82) is 0 Å². The molecule has 0 aromatic carbocycles. The molecule has 0 saturated heterocycles. The van der Waals surface area contributed by atoms with Gasteiger partial charge in [0.25, 0.3) is 0 Å². The number of rotatable bonds is 1. The lowest BCUT2D eigenvalue weighted by molar-refractivity contribution is 0.473. The van der Waals surface area contributed by atoms with Crippen LogP contribution in [0, 0.1) is 0 Å². The van der Waals surface area contributed by atoms with Gasteiger partial charge in [0.2, 0.25) is 0 Å². The number of nitrogens with zero attached hydrogens (tertiary/aromatic N) is 2. The normalized spacial score (nSPS) is 8.92. The Morgan fingerprint density at radius 1 is 1.42 bits per heavy atom. The zero-order valence-corrected chi connectivity index (χ0v) is 8.35. The van der Waals surface area contributed by atoms with Crippen LogP contribution in [0.1, 0.15) is 0 Å². The summed E-state index contributed by atoms with van der Waals surface area (Å²) in [5, 5.41) is 9.15. The first kappa shape index (κ1) is 11.3. The van der Waals surface area contributed by atoms with Crippen molar-refractivity contribution in [1.82, 2.24) is 4.98 Å². The van der Waals surface area contributed by atoms with Gasteiger partial charge < -0.3 is 10.0 Å². The Kier molecular flexibility index (Phi) is 4.13. The molecule has 0 saturated carbocycles. The van der Waals surface area contributed by atoms with Crippen LogP contribution in [0.25, 0.3) is 0 Å². The minimum Gasteiger partial charge on any atom is -0.505 e. The van der Waals surface area contributed by atoms with Gasteiger partial charge in [-0.2, -0.15) is 0 Å². The maximum absolute atomic E-state index is 9.01. The Hall–Kier alpha value is -0.670. The van der Waals surface area contributed by atoms with Gasteiger partial charge in [0, 0.05) is 14.1 Å². The maximum Gasteiger partial charge on any atom is 0.173 e. The molecule has 0 amide bonds. The molecule has 12 heavy (non-hydrogen) atoms. The van der Waals surface area contributed by atoms with Crippen molar-refractivity contribution in [2.75, 3.05) is 19.0 Å². The third kappa shape index (κ3) is 2.43. The van der Waals surface area contributed by atoms with Crippen molar-refractivity contribution in [3.8, 4) is 5.75 Å². The minimum atomic E-state index is 0. The van der Waals surface area contributed by atoms with Gasteiger partial charge in [-0.1, -0.05) is 11.6 Å². The van der Waals surface area contributed by atoms with Crippen LogP contribution in [0.2, 0.25) is 5.15 Å². The van der Waals surface area contributed by atoms with E-state index < -0.39 is 0 Å². The van der Waals surface area contributed by atoms with Crippen molar-refractivity contribution >= 4 is 29.8 Å². The molecule has 0 unspecified atom stereocenters. The van der Waals surface area contributed by atoms with E-state index in [4.69, 9.17) is 16.7 Å². The lowest BCUT2D eigenvalue weighted by atomic mass is 10.4. The van der Waals surface area contributed by atoms with E-state index in [0.717, 1.165) is 5.82 Å². The van der Waals surface area contributed by atoms with Gasteiger partial charge in [-0.05, 0) is 12.1 Å². The van der Waals surface area contributed by atoms with Crippen molar-refractivity contribution in [3.63, 3.8) is 0 Å². The average molecular weight is 209 g/mol. The lowest BCUT2D eigenvalue weighted by Crippen LogP contribution is -2.10. The molecule has 0 fully saturated rings. The van der Waals surface area contributed by atoms with E-state index in [2.05, 4.69) is 4.98 Å². The highest BCUT2D eigenvalue weighted by Crippen LogP contribution is 2.22. The van der Waals surface area contributed by atoms with Gasteiger partial charge >= 0.3 is 0 Å². The number of pyridine rings is 1. The summed E-state index contributed by atoms with van der Waals surface area (Å²) < 4.78 is 0. The van der Waals surface area contributed by atoms with Gasteiger partial charge in [-0.15, -0.1) is 12.4 Å². The third-order valence-corrected chi connectivity index (χ3v) is 1.55. The van der Waals surface area contributed by atoms with Crippen molar-refractivity contribution in [2.45, 2.75) is 0 Å². The summed E-state index contributed by atoms with van der Waals surface area (Å²) in [6.07, 6.45) is 0. The number of anilines is 1. The Morgan fingerprint density at radius 3 is 2.42 bits per heavy atom. The zero-order chi connectivity index (χ0) is 8.43. The zero-order valence-electron chi connectivity index (χ0n) is 6.78. The molecule has 0 spiro atoms. The maximum atomic E-state index is 9.01. The van der Waals surface area contributed by atoms with E-state index in [1.807, 2.05) is 19.0 Å². The molecule has 0 aliphatic carbocycles. The van der Waals surface area contributed by atoms with Gasteiger partial charge in [0.15, 0.2) is 10.9 Å². The van der Waals surface area contributed by atoms with E-state index in [1.165, 1.54) is 6.07 Å². The predicted octanol–water partition coefficient (Wildman–Crippen LogP) is 1.93. The first-order chi connectivity index (χ1) is 5.11. The topological polar surface area (TPSA) is 36.4 Å². The van der Waals surface area contributed by atoms with Gasteiger partial charge in [0.05, 0.1) is 0 Å². The third-order valence-electron chi connectivity index (χ3n) is 1.27. The predicted molar refractivity (Wildman–Crippen MR) is 52.5 cm³/mol. The molecule has 5 heteroatoms. The molecular formula is C7H10Cl2N2O. The molecule has 1 heterocycles. The average Bonchev–Trinajstić information content (AvgIpc) is 1.94. The number of hydrogen-bond acceptors (Lipinski definition) is 3. The van der Waals surface area contributed by atoms with E-state index in [1.54, 1.807) is 6.07 Å². The number of halogens is 2. The molecule has 1 rings (SSSR count). The van der Waals surface area contributed by atoms with Crippen molar-refractivity contribution in [3.05, 3.63) is 17.3 Å². The van der Waals surface area contributed by atoms with Crippen LogP contribution < -0.4 is 4.90 Å². The van der Waals surface area contributed by atoms with Crippen LogP contribution in [0.15, 0.2) is 12.1 Å². The first-order valence-electron chi connectivity index (χ1n) is 3.14. The Labute approximate surface area is 82.4 Å². The standard InChI is InChI=1S/C7H9ClN2O.ClH/c1-10(2)6-4-3-5(11)7(8)9-6;/h3-4,11H,1-2H3;1H. The summed E-state index contributed by atoms with van der Waals surface area (Å²) in [5.74, 6) is 0.741. The highest BCUT2D eigenvalue weighted by Gasteiger charge is 2.01. The largest absolute Gasteiger partial charge is 0.505 e. The van der Waals surface area contributed by atoms with Gasteiger partial charge in [-0.25, -0.2) is 4.98 Å². The van der Waals surface area contributed by atoms with Crippen LogP contribution in [-0.2, 0) is 0 Å². The quantitative estimate of drug-likeness (QED) is 0.718. The van der Waals surface area contributed by atoms with Crippen LogP contribution in [0.3, 0.4) is 0 Å². The van der Waals surface area contributed by atoms with Crippen molar-refractivity contribution in [2.24, 2.45) is 0 Å². The minimum absolute atomic E-state index is 0. The second kappa shape index (κ2) is 4.38. The second-order valence-electron chi connectivity index (χ2n) is 2.37. The molecule has 1 aromatic heterocycles. The highest BCUT2D eigenvalue weighted by atomic mass is 35.5. The Balaban J connectivity index is 0.00000121. The molecule has 0 aliphatic rings. The summed E-state index contributed by atoms with van der Waals surface area (Å²) in [7, 11) is 3.71.